The number of aliphatic carboxylic acids is 1. The van der Waals surface area contributed by atoms with Gasteiger partial charge in [-0.2, -0.15) is 0 Å². The SMILES string of the molecule is CN1CCN2C(CCCC2C(=O)O)C1. The minimum absolute atomic E-state index is 0.220. The smallest absolute Gasteiger partial charge is 0.320 e. The van der Waals surface area contributed by atoms with Gasteiger partial charge >= 0.3 is 5.97 Å². The van der Waals surface area contributed by atoms with Crippen LogP contribution in [0.5, 0.6) is 0 Å². The van der Waals surface area contributed by atoms with E-state index in [0.717, 1.165) is 38.9 Å². The zero-order valence-corrected chi connectivity index (χ0v) is 8.65. The molecule has 0 aromatic rings. The molecule has 0 aromatic carbocycles. The highest BCUT2D eigenvalue weighted by atomic mass is 16.4. The quantitative estimate of drug-likeness (QED) is 0.655. The van der Waals surface area contributed by atoms with Crippen LogP contribution in [0.2, 0.25) is 0 Å². The second kappa shape index (κ2) is 3.87. The fraction of sp³-hybridized carbons (Fsp3) is 0.900. The van der Waals surface area contributed by atoms with Crippen molar-refractivity contribution < 1.29 is 9.90 Å². The molecule has 4 heteroatoms. The summed E-state index contributed by atoms with van der Waals surface area (Å²) in [6.07, 6.45) is 3.05. The first kappa shape index (κ1) is 9.93. The lowest BCUT2D eigenvalue weighted by atomic mass is 9.93. The Hall–Kier alpha value is -0.610. The van der Waals surface area contributed by atoms with Crippen LogP contribution in [-0.2, 0) is 4.79 Å². The van der Waals surface area contributed by atoms with E-state index in [0.29, 0.717) is 6.04 Å². The van der Waals surface area contributed by atoms with Crippen LogP contribution in [0.3, 0.4) is 0 Å². The van der Waals surface area contributed by atoms with Crippen LogP contribution < -0.4 is 0 Å². The lowest BCUT2D eigenvalue weighted by Crippen LogP contribution is -2.59. The second-order valence-corrected chi connectivity index (χ2v) is 4.44. The topological polar surface area (TPSA) is 43.8 Å². The normalized spacial score (nSPS) is 35.2. The van der Waals surface area contributed by atoms with Gasteiger partial charge in [-0.25, -0.2) is 0 Å². The van der Waals surface area contributed by atoms with Crippen molar-refractivity contribution >= 4 is 5.97 Å². The van der Waals surface area contributed by atoms with Crippen molar-refractivity contribution in [2.24, 2.45) is 0 Å². The van der Waals surface area contributed by atoms with Crippen molar-refractivity contribution in [1.29, 1.82) is 0 Å². The molecule has 4 nitrogen and oxygen atoms in total. The number of carbonyl (C=O) groups is 1. The van der Waals surface area contributed by atoms with E-state index in [1.165, 1.54) is 0 Å². The minimum atomic E-state index is -0.640. The Bertz CT molecular complexity index is 232. The average Bonchev–Trinajstić information content (AvgIpc) is 2.16. The van der Waals surface area contributed by atoms with E-state index in [2.05, 4.69) is 16.8 Å². The van der Waals surface area contributed by atoms with E-state index >= 15 is 0 Å². The van der Waals surface area contributed by atoms with Crippen LogP contribution in [0.25, 0.3) is 0 Å². The Morgan fingerprint density at radius 3 is 2.86 bits per heavy atom. The molecule has 0 radical (unpaired) electrons. The first-order valence-corrected chi connectivity index (χ1v) is 5.35. The van der Waals surface area contributed by atoms with Gasteiger partial charge in [0.15, 0.2) is 0 Å². The number of hydrogen-bond acceptors (Lipinski definition) is 3. The predicted molar refractivity (Wildman–Crippen MR) is 53.3 cm³/mol. The molecule has 0 spiro atoms. The molecular formula is C10H18N2O2. The summed E-state index contributed by atoms with van der Waals surface area (Å²) in [6.45, 7) is 2.95. The lowest BCUT2D eigenvalue weighted by molar-refractivity contribution is -0.147. The molecule has 2 atom stereocenters. The highest BCUT2D eigenvalue weighted by molar-refractivity contribution is 5.73. The molecule has 0 aliphatic carbocycles. The first-order chi connectivity index (χ1) is 6.68. The van der Waals surface area contributed by atoms with Gasteiger partial charge < -0.3 is 10.0 Å². The zero-order valence-electron chi connectivity index (χ0n) is 8.65. The van der Waals surface area contributed by atoms with Crippen LogP contribution in [0.1, 0.15) is 19.3 Å². The number of nitrogens with zero attached hydrogens (tertiary/aromatic N) is 2. The van der Waals surface area contributed by atoms with Crippen LogP contribution in [-0.4, -0.2) is 59.6 Å². The maximum atomic E-state index is 11.0. The van der Waals surface area contributed by atoms with Gasteiger partial charge in [0, 0.05) is 25.7 Å². The third kappa shape index (κ3) is 1.77. The van der Waals surface area contributed by atoms with E-state index in [4.69, 9.17) is 5.11 Å². The fourth-order valence-electron chi connectivity index (χ4n) is 2.67. The molecule has 2 heterocycles. The Morgan fingerprint density at radius 2 is 2.14 bits per heavy atom. The third-order valence-electron chi connectivity index (χ3n) is 3.43. The molecule has 2 rings (SSSR count). The number of piperazine rings is 1. The third-order valence-corrected chi connectivity index (χ3v) is 3.43. The number of carboxylic acid groups (broad SMARTS) is 1. The van der Waals surface area contributed by atoms with E-state index < -0.39 is 5.97 Å². The standard InChI is InChI=1S/C10H18N2O2/c1-11-5-6-12-8(7-11)3-2-4-9(12)10(13)14/h8-9H,2-7H2,1H3,(H,13,14). The molecule has 14 heavy (non-hydrogen) atoms. The molecule has 0 amide bonds. The van der Waals surface area contributed by atoms with Crippen molar-refractivity contribution in [3.63, 3.8) is 0 Å². The monoisotopic (exact) mass is 198 g/mol. The molecule has 2 aliphatic rings. The summed E-state index contributed by atoms with van der Waals surface area (Å²) in [5.41, 5.74) is 0. The van der Waals surface area contributed by atoms with E-state index in [9.17, 15) is 4.79 Å². The maximum Gasteiger partial charge on any atom is 0.320 e. The molecule has 2 aliphatic heterocycles. The predicted octanol–water partition coefficient (Wildman–Crippen LogP) is 0.239. The number of hydrogen-bond donors (Lipinski definition) is 1. The van der Waals surface area contributed by atoms with Gasteiger partial charge in [0.05, 0.1) is 0 Å². The molecular weight excluding hydrogens is 180 g/mol. The fourth-order valence-corrected chi connectivity index (χ4v) is 2.67. The Labute approximate surface area is 84.5 Å². The van der Waals surface area contributed by atoms with Gasteiger partial charge in [-0.1, -0.05) is 0 Å². The lowest BCUT2D eigenvalue weighted by Gasteiger charge is -2.45. The molecule has 2 fully saturated rings. The van der Waals surface area contributed by atoms with Gasteiger partial charge in [-0.3, -0.25) is 9.69 Å². The van der Waals surface area contributed by atoms with Crippen molar-refractivity contribution in [3.8, 4) is 0 Å². The molecule has 2 unspecified atom stereocenters. The summed E-state index contributed by atoms with van der Waals surface area (Å²) in [5.74, 6) is -0.640. The molecule has 0 aromatic heterocycles. The molecule has 1 N–H and O–H groups in total. The van der Waals surface area contributed by atoms with Crippen LogP contribution >= 0.6 is 0 Å². The van der Waals surface area contributed by atoms with Crippen LogP contribution in [0.15, 0.2) is 0 Å². The first-order valence-electron chi connectivity index (χ1n) is 5.35. The van der Waals surface area contributed by atoms with Crippen molar-refractivity contribution in [2.45, 2.75) is 31.3 Å². The van der Waals surface area contributed by atoms with Gasteiger partial charge in [-0.15, -0.1) is 0 Å². The van der Waals surface area contributed by atoms with Gasteiger partial charge in [0.25, 0.3) is 0 Å². The summed E-state index contributed by atoms with van der Waals surface area (Å²) >= 11 is 0. The largest absolute Gasteiger partial charge is 0.480 e. The summed E-state index contributed by atoms with van der Waals surface area (Å²) in [7, 11) is 2.11. The number of carboxylic acids is 1. The highest BCUT2D eigenvalue weighted by Crippen LogP contribution is 2.25. The summed E-state index contributed by atoms with van der Waals surface area (Å²) < 4.78 is 0. The van der Waals surface area contributed by atoms with E-state index in [1.54, 1.807) is 0 Å². The summed E-state index contributed by atoms with van der Waals surface area (Å²) in [4.78, 5) is 15.5. The van der Waals surface area contributed by atoms with Gasteiger partial charge in [0.2, 0.25) is 0 Å². The van der Waals surface area contributed by atoms with E-state index in [1.807, 2.05) is 0 Å². The Kier molecular flexibility index (Phi) is 2.74. The summed E-state index contributed by atoms with van der Waals surface area (Å²) in [6, 6.07) is 0.256. The maximum absolute atomic E-state index is 11.0. The number of piperidine rings is 1. The number of likely N-dealkylation sites (N-methyl/N-ethyl adjacent to an activating group) is 1. The molecule has 0 saturated carbocycles. The van der Waals surface area contributed by atoms with Crippen molar-refractivity contribution in [1.82, 2.24) is 9.80 Å². The van der Waals surface area contributed by atoms with E-state index in [-0.39, 0.29) is 6.04 Å². The Morgan fingerprint density at radius 1 is 1.36 bits per heavy atom. The molecule has 2 saturated heterocycles. The Balaban J connectivity index is 2.06. The molecule has 0 bridgehead atoms. The van der Waals surface area contributed by atoms with Crippen molar-refractivity contribution in [3.05, 3.63) is 0 Å². The molecule has 80 valence electrons. The second-order valence-electron chi connectivity index (χ2n) is 4.44. The number of fused-ring (bicyclic) bond motifs is 1. The summed E-state index contributed by atoms with van der Waals surface area (Å²) in [5, 5.41) is 9.09. The van der Waals surface area contributed by atoms with Gasteiger partial charge in [0.1, 0.15) is 6.04 Å². The van der Waals surface area contributed by atoms with Gasteiger partial charge in [-0.05, 0) is 26.3 Å². The van der Waals surface area contributed by atoms with Crippen LogP contribution in [0.4, 0.5) is 0 Å². The zero-order chi connectivity index (χ0) is 10.1. The van der Waals surface area contributed by atoms with Crippen LogP contribution in [0, 0.1) is 0 Å². The average molecular weight is 198 g/mol. The minimum Gasteiger partial charge on any atom is -0.480 e. The highest BCUT2D eigenvalue weighted by Gasteiger charge is 2.37. The number of rotatable bonds is 1. The van der Waals surface area contributed by atoms with Crippen molar-refractivity contribution in [2.75, 3.05) is 26.7 Å².